The second-order valence-electron chi connectivity index (χ2n) is 2.01. The molecule has 0 fully saturated rings. The van der Waals surface area contributed by atoms with Crippen LogP contribution in [0.1, 0.15) is 6.42 Å². The van der Waals surface area contributed by atoms with Crippen LogP contribution in [0.4, 0.5) is 8.78 Å². The van der Waals surface area contributed by atoms with Crippen LogP contribution >= 0.6 is 0 Å². The van der Waals surface area contributed by atoms with Gasteiger partial charge in [-0.2, -0.15) is 8.78 Å². The molecule has 0 unspecified atom stereocenters. The Balaban J connectivity index is 2.51. The number of hydrogen-bond donors (Lipinski definition) is 0. The first kappa shape index (κ1) is 7.98. The lowest BCUT2D eigenvalue weighted by Crippen LogP contribution is -1.96. The lowest BCUT2D eigenvalue weighted by atomic mass is 10.4. The summed E-state index contributed by atoms with van der Waals surface area (Å²) in [5.74, 6) is 0.227. The molecule has 0 spiro atoms. The SMILES string of the molecule is FC(F)OC1=CCC=CC=C1. The Kier molecular flexibility index (Phi) is 2.83. The van der Waals surface area contributed by atoms with E-state index in [1.807, 2.05) is 6.08 Å². The molecule has 0 aromatic heterocycles. The van der Waals surface area contributed by atoms with Gasteiger partial charge in [0.1, 0.15) is 5.76 Å². The first-order chi connectivity index (χ1) is 5.29. The predicted molar refractivity (Wildman–Crippen MR) is 38.1 cm³/mol. The maximum atomic E-state index is 11.6. The molecule has 0 aromatic carbocycles. The molecule has 0 atom stereocenters. The summed E-state index contributed by atoms with van der Waals surface area (Å²) in [4.78, 5) is 0. The van der Waals surface area contributed by atoms with Crippen molar-refractivity contribution >= 4 is 0 Å². The van der Waals surface area contributed by atoms with Gasteiger partial charge in [-0.05, 0) is 18.6 Å². The van der Waals surface area contributed by atoms with E-state index in [9.17, 15) is 8.78 Å². The molecule has 0 N–H and O–H groups in total. The minimum atomic E-state index is -2.73. The summed E-state index contributed by atoms with van der Waals surface area (Å²) >= 11 is 0. The van der Waals surface area contributed by atoms with E-state index in [1.165, 1.54) is 6.08 Å². The van der Waals surface area contributed by atoms with Gasteiger partial charge in [-0.1, -0.05) is 18.2 Å². The van der Waals surface area contributed by atoms with Crippen molar-refractivity contribution in [3.05, 3.63) is 36.1 Å². The van der Waals surface area contributed by atoms with Crippen LogP contribution in [-0.4, -0.2) is 6.61 Å². The summed E-state index contributed by atoms with van der Waals surface area (Å²) in [5.41, 5.74) is 0. The second-order valence-corrected chi connectivity index (χ2v) is 2.01. The van der Waals surface area contributed by atoms with Gasteiger partial charge in [-0.15, -0.1) is 0 Å². The van der Waals surface area contributed by atoms with Crippen LogP contribution < -0.4 is 0 Å². The first-order valence-corrected chi connectivity index (χ1v) is 3.27. The normalized spacial score (nSPS) is 16.5. The molecular formula is C8H8F2O. The fourth-order valence-electron chi connectivity index (χ4n) is 0.750. The number of hydrogen-bond acceptors (Lipinski definition) is 1. The van der Waals surface area contributed by atoms with Crippen molar-refractivity contribution in [3.8, 4) is 0 Å². The minimum Gasteiger partial charge on any atom is -0.435 e. The molecule has 0 heterocycles. The van der Waals surface area contributed by atoms with E-state index in [0.29, 0.717) is 6.42 Å². The molecule has 1 rings (SSSR count). The van der Waals surface area contributed by atoms with Crippen LogP contribution in [0.2, 0.25) is 0 Å². The summed E-state index contributed by atoms with van der Waals surface area (Å²) < 4.78 is 27.4. The van der Waals surface area contributed by atoms with E-state index in [2.05, 4.69) is 4.74 Å². The first-order valence-electron chi connectivity index (χ1n) is 3.27. The zero-order valence-corrected chi connectivity index (χ0v) is 5.84. The molecule has 3 heteroatoms. The van der Waals surface area contributed by atoms with E-state index in [0.717, 1.165) is 0 Å². The highest BCUT2D eigenvalue weighted by atomic mass is 19.3. The van der Waals surface area contributed by atoms with Gasteiger partial charge in [-0.3, -0.25) is 0 Å². The van der Waals surface area contributed by atoms with Gasteiger partial charge < -0.3 is 4.74 Å². The Morgan fingerprint density at radius 3 is 2.91 bits per heavy atom. The fraction of sp³-hybridized carbons (Fsp3) is 0.250. The second kappa shape index (κ2) is 3.91. The smallest absolute Gasteiger partial charge is 0.387 e. The largest absolute Gasteiger partial charge is 0.435 e. The number of ether oxygens (including phenoxy) is 1. The zero-order valence-electron chi connectivity index (χ0n) is 5.84. The Morgan fingerprint density at radius 2 is 2.18 bits per heavy atom. The van der Waals surface area contributed by atoms with E-state index in [-0.39, 0.29) is 5.76 Å². The number of rotatable bonds is 2. The van der Waals surface area contributed by atoms with Gasteiger partial charge in [0.2, 0.25) is 0 Å². The van der Waals surface area contributed by atoms with Gasteiger partial charge >= 0.3 is 6.61 Å². The molecule has 0 bridgehead atoms. The molecule has 0 aromatic rings. The van der Waals surface area contributed by atoms with Crippen molar-refractivity contribution in [2.45, 2.75) is 13.0 Å². The highest BCUT2D eigenvalue weighted by Gasteiger charge is 2.03. The van der Waals surface area contributed by atoms with Gasteiger partial charge in [0, 0.05) is 0 Å². The van der Waals surface area contributed by atoms with Crippen LogP contribution in [0.15, 0.2) is 36.1 Å². The topological polar surface area (TPSA) is 9.23 Å². The van der Waals surface area contributed by atoms with E-state index < -0.39 is 6.61 Å². The predicted octanol–water partition coefficient (Wildman–Crippen LogP) is 2.63. The Labute approximate surface area is 63.7 Å². The fourth-order valence-corrected chi connectivity index (χ4v) is 0.750. The van der Waals surface area contributed by atoms with Crippen molar-refractivity contribution in [2.24, 2.45) is 0 Å². The van der Waals surface area contributed by atoms with Crippen molar-refractivity contribution in [2.75, 3.05) is 0 Å². The molecule has 60 valence electrons. The molecule has 0 aliphatic heterocycles. The summed E-state index contributed by atoms with van der Waals surface area (Å²) in [6.45, 7) is -2.73. The molecule has 11 heavy (non-hydrogen) atoms. The third-order valence-electron chi connectivity index (χ3n) is 1.19. The van der Waals surface area contributed by atoms with Gasteiger partial charge in [-0.25, -0.2) is 0 Å². The third kappa shape index (κ3) is 2.98. The number of halogens is 2. The Morgan fingerprint density at radius 1 is 1.36 bits per heavy atom. The maximum absolute atomic E-state index is 11.6. The van der Waals surface area contributed by atoms with Crippen molar-refractivity contribution < 1.29 is 13.5 Å². The molecular weight excluding hydrogens is 150 g/mol. The maximum Gasteiger partial charge on any atom is 0.387 e. The molecule has 1 aliphatic rings. The lowest BCUT2D eigenvalue weighted by molar-refractivity contribution is -0.0922. The molecule has 0 saturated heterocycles. The van der Waals surface area contributed by atoms with Crippen molar-refractivity contribution in [1.82, 2.24) is 0 Å². The Hall–Kier alpha value is -1.12. The molecule has 0 radical (unpaired) electrons. The van der Waals surface area contributed by atoms with Gasteiger partial charge in [0.25, 0.3) is 0 Å². The summed E-state index contributed by atoms with van der Waals surface area (Å²) in [6, 6.07) is 0. The molecule has 1 aliphatic carbocycles. The van der Waals surface area contributed by atoms with Crippen LogP contribution in [-0.2, 0) is 4.74 Å². The average molecular weight is 158 g/mol. The summed E-state index contributed by atoms with van der Waals surface area (Å²) in [6.07, 6.45) is 9.06. The monoisotopic (exact) mass is 158 g/mol. The van der Waals surface area contributed by atoms with Crippen LogP contribution in [0, 0.1) is 0 Å². The Bertz CT molecular complexity index is 204. The van der Waals surface area contributed by atoms with Crippen molar-refractivity contribution in [3.63, 3.8) is 0 Å². The average Bonchev–Trinajstić information content (AvgIpc) is 2.14. The van der Waals surface area contributed by atoms with Crippen molar-refractivity contribution in [1.29, 1.82) is 0 Å². The molecule has 0 saturated carbocycles. The van der Waals surface area contributed by atoms with Crippen LogP contribution in [0.25, 0.3) is 0 Å². The van der Waals surface area contributed by atoms with E-state index in [4.69, 9.17) is 0 Å². The van der Waals surface area contributed by atoms with E-state index >= 15 is 0 Å². The van der Waals surface area contributed by atoms with Crippen LogP contribution in [0.5, 0.6) is 0 Å². The summed E-state index contributed by atoms with van der Waals surface area (Å²) in [5, 5.41) is 0. The highest BCUT2D eigenvalue weighted by molar-refractivity contribution is 5.21. The van der Waals surface area contributed by atoms with Gasteiger partial charge in [0.05, 0.1) is 0 Å². The number of allylic oxidation sites excluding steroid dienone is 5. The lowest BCUT2D eigenvalue weighted by Gasteiger charge is -2.02. The summed E-state index contributed by atoms with van der Waals surface area (Å²) in [7, 11) is 0. The van der Waals surface area contributed by atoms with Crippen LogP contribution in [0.3, 0.4) is 0 Å². The standard InChI is InChI=1S/C8H8F2O/c9-8(10)11-7-5-3-1-2-4-6-7/h1-3,5-6,8H,4H2. The zero-order chi connectivity index (χ0) is 8.10. The minimum absolute atomic E-state index is 0.227. The quantitative estimate of drug-likeness (QED) is 0.600. The molecule has 0 amide bonds. The molecule has 1 nitrogen and oxygen atoms in total. The number of alkyl halides is 2. The van der Waals surface area contributed by atoms with Gasteiger partial charge in [0.15, 0.2) is 0 Å². The highest BCUT2D eigenvalue weighted by Crippen LogP contribution is 2.10. The van der Waals surface area contributed by atoms with E-state index in [1.54, 1.807) is 18.2 Å². The third-order valence-corrected chi connectivity index (χ3v) is 1.19.